The second kappa shape index (κ2) is 7.46. The van der Waals surface area contributed by atoms with E-state index in [1.807, 2.05) is 0 Å². The van der Waals surface area contributed by atoms with Crippen molar-refractivity contribution in [2.45, 2.75) is 52.1 Å². The lowest BCUT2D eigenvalue weighted by Crippen LogP contribution is -2.49. The first kappa shape index (κ1) is 20.7. The summed E-state index contributed by atoms with van der Waals surface area (Å²) in [6.07, 6.45) is 11.9. The Hall–Kier alpha value is -3.16. The first-order valence-corrected chi connectivity index (χ1v) is 11.0. The molecule has 2 saturated carbocycles. The molecule has 0 unspecified atom stereocenters. The number of aromatic amines is 1. The van der Waals surface area contributed by atoms with E-state index in [2.05, 4.69) is 45.6 Å². The highest BCUT2D eigenvalue weighted by Crippen LogP contribution is 2.59. The van der Waals surface area contributed by atoms with Crippen LogP contribution >= 0.6 is 0 Å². The van der Waals surface area contributed by atoms with Crippen molar-refractivity contribution >= 4 is 5.57 Å². The van der Waals surface area contributed by atoms with Crippen molar-refractivity contribution in [3.63, 3.8) is 0 Å². The minimum Gasteiger partial charge on any atom is -0.347 e. The quantitative estimate of drug-likeness (QED) is 0.659. The third-order valence-electron chi connectivity index (χ3n) is 7.34. The first-order chi connectivity index (χ1) is 15.3. The van der Waals surface area contributed by atoms with Crippen LogP contribution in [0.5, 0.6) is 0 Å². The second-order valence-electron chi connectivity index (χ2n) is 9.97. The summed E-state index contributed by atoms with van der Waals surface area (Å²) in [6.45, 7) is 8.50. The van der Waals surface area contributed by atoms with Crippen LogP contribution in [0.2, 0.25) is 0 Å². The monoisotopic (exact) mass is 434 g/mol. The highest BCUT2D eigenvalue weighted by Gasteiger charge is 2.53. The Labute approximate surface area is 185 Å². The van der Waals surface area contributed by atoms with Crippen LogP contribution in [-0.4, -0.2) is 35.9 Å². The molecule has 0 saturated heterocycles. The van der Waals surface area contributed by atoms with Gasteiger partial charge in [0.05, 0.1) is 11.8 Å². The van der Waals surface area contributed by atoms with E-state index in [9.17, 15) is 4.79 Å². The van der Waals surface area contributed by atoms with Gasteiger partial charge in [0.15, 0.2) is 11.3 Å². The molecule has 0 radical (unpaired) electrons. The number of rotatable bonds is 4. The van der Waals surface area contributed by atoms with Crippen LogP contribution in [-0.2, 0) is 0 Å². The number of imidazole rings is 1. The van der Waals surface area contributed by atoms with E-state index in [1.54, 1.807) is 29.5 Å². The third-order valence-corrected chi connectivity index (χ3v) is 7.34. The van der Waals surface area contributed by atoms with Gasteiger partial charge in [0.2, 0.25) is 0 Å². The Morgan fingerprint density at radius 2 is 2.16 bits per heavy atom. The van der Waals surface area contributed by atoms with E-state index in [0.29, 0.717) is 28.5 Å². The number of pyridine rings is 1. The van der Waals surface area contributed by atoms with Gasteiger partial charge in [-0.1, -0.05) is 26.8 Å². The Bertz CT molecular complexity index is 1200. The van der Waals surface area contributed by atoms with E-state index in [1.165, 1.54) is 12.3 Å². The SMILES string of the molecule is C=C(c1ncc(-c2c[nH]c(-n3ccnc3)cc2=O)nn1)[C@@H]1C[C@@]2(C)CCC[C@](C)(C2)[C@H]1F. The lowest BCUT2D eigenvalue weighted by atomic mass is 9.52. The van der Waals surface area contributed by atoms with Crippen LogP contribution in [0, 0.1) is 16.7 Å². The highest BCUT2D eigenvalue weighted by atomic mass is 19.1. The molecule has 3 aromatic heterocycles. The number of alkyl halides is 1. The number of hydrogen-bond donors (Lipinski definition) is 1. The molecule has 0 aliphatic heterocycles. The topological polar surface area (TPSA) is 89.4 Å². The molecule has 0 amide bonds. The smallest absolute Gasteiger partial charge is 0.193 e. The summed E-state index contributed by atoms with van der Waals surface area (Å²) in [5.74, 6) is 0.630. The predicted molar refractivity (Wildman–Crippen MR) is 120 cm³/mol. The minimum atomic E-state index is -0.967. The predicted octanol–water partition coefficient (Wildman–Crippen LogP) is 4.37. The average molecular weight is 435 g/mol. The molecule has 2 fully saturated rings. The number of fused-ring (bicyclic) bond motifs is 2. The minimum absolute atomic E-state index is 0.126. The summed E-state index contributed by atoms with van der Waals surface area (Å²) in [6, 6.07) is 1.47. The summed E-state index contributed by atoms with van der Waals surface area (Å²) >= 11 is 0. The maximum atomic E-state index is 15.6. The van der Waals surface area contributed by atoms with E-state index in [4.69, 9.17) is 0 Å². The van der Waals surface area contributed by atoms with Crippen molar-refractivity contribution in [2.75, 3.05) is 0 Å². The average Bonchev–Trinajstić information content (AvgIpc) is 3.31. The molecule has 8 heteroatoms. The molecule has 0 aromatic carbocycles. The molecular formula is C24H27FN6O. The van der Waals surface area contributed by atoms with Crippen LogP contribution in [0.3, 0.4) is 0 Å². The number of allylic oxidation sites excluding steroid dienone is 1. The lowest BCUT2D eigenvalue weighted by Gasteiger charge is -2.54. The van der Waals surface area contributed by atoms with Crippen molar-refractivity contribution < 1.29 is 4.39 Å². The molecule has 5 rings (SSSR count). The molecule has 0 spiro atoms. The van der Waals surface area contributed by atoms with E-state index in [-0.39, 0.29) is 22.2 Å². The van der Waals surface area contributed by atoms with Crippen molar-refractivity contribution in [1.29, 1.82) is 0 Å². The number of aromatic nitrogens is 6. The molecule has 3 heterocycles. The van der Waals surface area contributed by atoms with Gasteiger partial charge in [-0.15, -0.1) is 10.2 Å². The highest BCUT2D eigenvalue weighted by molar-refractivity contribution is 5.62. The molecule has 2 bridgehead atoms. The maximum Gasteiger partial charge on any atom is 0.193 e. The van der Waals surface area contributed by atoms with Gasteiger partial charge in [-0.2, -0.15) is 0 Å². The maximum absolute atomic E-state index is 15.6. The van der Waals surface area contributed by atoms with E-state index < -0.39 is 6.17 Å². The number of nitrogens with one attached hydrogen (secondary N) is 1. The molecule has 2 aliphatic rings. The summed E-state index contributed by atoms with van der Waals surface area (Å²) < 4.78 is 17.3. The van der Waals surface area contributed by atoms with Crippen molar-refractivity contribution in [2.24, 2.45) is 16.7 Å². The zero-order valence-electron chi connectivity index (χ0n) is 18.4. The molecular weight excluding hydrogens is 407 g/mol. The van der Waals surface area contributed by atoms with Crippen molar-refractivity contribution in [3.8, 4) is 17.1 Å². The largest absolute Gasteiger partial charge is 0.347 e. The molecule has 3 aromatic rings. The van der Waals surface area contributed by atoms with Crippen LogP contribution in [0.4, 0.5) is 4.39 Å². The first-order valence-electron chi connectivity index (χ1n) is 11.0. The molecule has 1 N–H and O–H groups in total. The lowest BCUT2D eigenvalue weighted by molar-refractivity contribution is -0.0620. The fraction of sp³-hybridized carbons (Fsp3) is 0.458. The molecule has 2 aliphatic carbocycles. The van der Waals surface area contributed by atoms with Gasteiger partial charge in [0.25, 0.3) is 0 Å². The number of nitrogens with zero attached hydrogens (tertiary/aromatic N) is 5. The van der Waals surface area contributed by atoms with Crippen LogP contribution in [0.15, 0.2) is 48.6 Å². The molecule has 7 nitrogen and oxygen atoms in total. The van der Waals surface area contributed by atoms with Crippen molar-refractivity contribution in [1.82, 2.24) is 29.7 Å². The van der Waals surface area contributed by atoms with Crippen LogP contribution < -0.4 is 5.43 Å². The van der Waals surface area contributed by atoms with Gasteiger partial charge in [-0.3, -0.25) is 9.36 Å². The summed E-state index contributed by atoms with van der Waals surface area (Å²) in [4.78, 5) is 24.1. The Balaban J connectivity index is 1.39. The second-order valence-corrected chi connectivity index (χ2v) is 9.97. The van der Waals surface area contributed by atoms with Gasteiger partial charge in [-0.25, -0.2) is 14.4 Å². The number of H-pyrrole nitrogens is 1. The zero-order chi connectivity index (χ0) is 22.5. The third kappa shape index (κ3) is 3.47. The van der Waals surface area contributed by atoms with Gasteiger partial charge >= 0.3 is 0 Å². The Morgan fingerprint density at radius 3 is 2.84 bits per heavy atom. The fourth-order valence-electron chi connectivity index (χ4n) is 5.82. The van der Waals surface area contributed by atoms with Crippen LogP contribution in [0.25, 0.3) is 22.6 Å². The molecule has 166 valence electrons. The molecule has 32 heavy (non-hydrogen) atoms. The zero-order valence-corrected chi connectivity index (χ0v) is 18.4. The van der Waals surface area contributed by atoms with Gasteiger partial charge in [0, 0.05) is 30.6 Å². The van der Waals surface area contributed by atoms with Gasteiger partial charge in [0.1, 0.15) is 24.0 Å². The van der Waals surface area contributed by atoms with Crippen LogP contribution in [0.1, 0.15) is 51.8 Å². The van der Waals surface area contributed by atoms with E-state index >= 15 is 4.39 Å². The Morgan fingerprint density at radius 1 is 1.31 bits per heavy atom. The number of hydrogen-bond acceptors (Lipinski definition) is 5. The van der Waals surface area contributed by atoms with Gasteiger partial charge < -0.3 is 4.98 Å². The Kier molecular flexibility index (Phi) is 4.83. The standard InChI is InChI=1S/C24H27FN6O/c1-15(16-10-23(2)5-4-6-24(3,13-23)21(16)25)22-28-12-18(29-30-22)17-11-27-20(9-19(17)32)31-8-7-26-14-31/h7-9,11-12,14,16,21H,1,4-6,10,13H2,2-3H3,(H,27,32)/t16-,21-,23+,24+/m0/s1. The normalized spacial score (nSPS) is 29.6. The summed E-state index contributed by atoms with van der Waals surface area (Å²) in [7, 11) is 0. The molecule has 4 atom stereocenters. The van der Waals surface area contributed by atoms with E-state index in [0.717, 1.165) is 32.1 Å². The van der Waals surface area contributed by atoms with Gasteiger partial charge in [-0.05, 0) is 42.1 Å². The van der Waals surface area contributed by atoms with Crippen molar-refractivity contribution in [3.05, 3.63) is 59.8 Å². The number of halogens is 1. The summed E-state index contributed by atoms with van der Waals surface area (Å²) in [5.41, 5.74) is 0.912. The summed E-state index contributed by atoms with van der Waals surface area (Å²) in [5, 5.41) is 8.44. The fourth-order valence-corrected chi connectivity index (χ4v) is 5.82.